The van der Waals surface area contributed by atoms with Crippen LogP contribution < -0.4 is 0 Å². The van der Waals surface area contributed by atoms with Crippen molar-refractivity contribution in [3.63, 3.8) is 0 Å². The molecule has 2 heterocycles. The first-order chi connectivity index (χ1) is 8.81. The first kappa shape index (κ1) is 13.0. The minimum absolute atomic E-state index is 0.184. The fourth-order valence-electron chi connectivity index (χ4n) is 2.57. The molecule has 1 aromatic rings. The second kappa shape index (κ2) is 6.50. The Balaban J connectivity index is 1.91. The molecular formula is C14H20N2O2. The number of hydrogen-bond donors (Lipinski definition) is 1. The molecule has 1 fully saturated rings. The van der Waals surface area contributed by atoms with Crippen LogP contribution >= 0.6 is 0 Å². The van der Waals surface area contributed by atoms with Crippen molar-refractivity contribution in [2.75, 3.05) is 13.2 Å². The Kier molecular flexibility index (Phi) is 4.70. The molecule has 1 aliphatic heterocycles. The summed E-state index contributed by atoms with van der Waals surface area (Å²) in [5.41, 5.74) is 0.968. The van der Waals surface area contributed by atoms with Gasteiger partial charge in [0, 0.05) is 31.6 Å². The van der Waals surface area contributed by atoms with Crippen LogP contribution in [0.5, 0.6) is 0 Å². The number of aliphatic hydroxyl groups is 1. The molecule has 2 rings (SSSR count). The molecule has 1 aromatic heterocycles. The zero-order chi connectivity index (χ0) is 12.8. The molecule has 0 saturated carbocycles. The summed E-state index contributed by atoms with van der Waals surface area (Å²) in [5, 5.41) is 8.87. The number of likely N-dealkylation sites (tertiary alicyclic amines) is 1. The highest BCUT2D eigenvalue weighted by Crippen LogP contribution is 2.22. The summed E-state index contributed by atoms with van der Waals surface area (Å²) in [5.74, 6) is 0.184. The summed E-state index contributed by atoms with van der Waals surface area (Å²) < 4.78 is 0. The molecule has 1 atom stereocenters. The van der Waals surface area contributed by atoms with Gasteiger partial charge in [0.15, 0.2) is 0 Å². The van der Waals surface area contributed by atoms with Crippen molar-refractivity contribution in [1.29, 1.82) is 0 Å². The van der Waals surface area contributed by atoms with E-state index in [0.29, 0.717) is 12.5 Å². The molecule has 1 aliphatic rings. The van der Waals surface area contributed by atoms with Gasteiger partial charge < -0.3 is 10.0 Å². The highest BCUT2D eigenvalue weighted by atomic mass is 16.3. The van der Waals surface area contributed by atoms with Gasteiger partial charge >= 0.3 is 0 Å². The second-order valence-electron chi connectivity index (χ2n) is 4.79. The van der Waals surface area contributed by atoms with Crippen LogP contribution in [0.3, 0.4) is 0 Å². The predicted molar refractivity (Wildman–Crippen MR) is 69.0 cm³/mol. The maximum atomic E-state index is 12.2. The fraction of sp³-hybridized carbons (Fsp3) is 0.571. The third-order valence-electron chi connectivity index (χ3n) is 3.47. The Bertz CT molecular complexity index is 381. The second-order valence-corrected chi connectivity index (χ2v) is 4.79. The molecule has 1 saturated heterocycles. The van der Waals surface area contributed by atoms with Gasteiger partial charge in [-0.3, -0.25) is 9.78 Å². The van der Waals surface area contributed by atoms with E-state index in [1.165, 1.54) is 0 Å². The first-order valence-corrected chi connectivity index (χ1v) is 6.60. The number of aromatic nitrogens is 1. The van der Waals surface area contributed by atoms with Crippen molar-refractivity contribution in [3.05, 3.63) is 30.1 Å². The van der Waals surface area contributed by atoms with E-state index in [9.17, 15) is 4.79 Å². The molecule has 0 spiro atoms. The third-order valence-corrected chi connectivity index (χ3v) is 3.47. The van der Waals surface area contributed by atoms with E-state index in [1.54, 1.807) is 12.4 Å². The quantitative estimate of drug-likeness (QED) is 0.856. The Labute approximate surface area is 108 Å². The molecule has 0 aliphatic carbocycles. The van der Waals surface area contributed by atoms with Gasteiger partial charge in [-0.05, 0) is 37.3 Å². The standard InChI is InChI=1S/C14H20N2O2/c17-9-3-6-13-5-2-8-16(13)14(18)10-12-4-1-7-15-11-12/h1,4,7,11,13,17H,2-3,5-6,8-10H2. The number of carbonyl (C=O) groups excluding carboxylic acids is 1. The maximum absolute atomic E-state index is 12.2. The summed E-state index contributed by atoms with van der Waals surface area (Å²) in [4.78, 5) is 18.2. The van der Waals surface area contributed by atoms with Gasteiger partial charge in [0.1, 0.15) is 0 Å². The minimum atomic E-state index is 0.184. The molecule has 98 valence electrons. The summed E-state index contributed by atoms with van der Waals surface area (Å²) >= 11 is 0. The van der Waals surface area contributed by atoms with E-state index in [0.717, 1.165) is 37.8 Å². The lowest BCUT2D eigenvalue weighted by atomic mass is 10.1. The SMILES string of the molecule is O=C(Cc1cccnc1)N1CCCC1CCCO. The van der Waals surface area contributed by atoms with Gasteiger partial charge in [0.25, 0.3) is 0 Å². The number of amides is 1. The third kappa shape index (κ3) is 3.29. The molecule has 18 heavy (non-hydrogen) atoms. The van der Waals surface area contributed by atoms with E-state index in [1.807, 2.05) is 17.0 Å². The van der Waals surface area contributed by atoms with Crippen LogP contribution in [0, 0.1) is 0 Å². The molecular weight excluding hydrogens is 228 g/mol. The lowest BCUT2D eigenvalue weighted by Gasteiger charge is -2.24. The average molecular weight is 248 g/mol. The molecule has 0 aromatic carbocycles. The number of aliphatic hydroxyl groups excluding tert-OH is 1. The number of nitrogens with zero attached hydrogens (tertiary/aromatic N) is 2. The monoisotopic (exact) mass is 248 g/mol. The molecule has 0 bridgehead atoms. The topological polar surface area (TPSA) is 53.4 Å². The normalized spacial score (nSPS) is 19.2. The summed E-state index contributed by atoms with van der Waals surface area (Å²) in [6, 6.07) is 4.11. The Hall–Kier alpha value is -1.42. The Morgan fingerprint density at radius 1 is 1.56 bits per heavy atom. The maximum Gasteiger partial charge on any atom is 0.227 e. The summed E-state index contributed by atoms with van der Waals surface area (Å²) in [6.45, 7) is 1.07. The number of hydrogen-bond acceptors (Lipinski definition) is 3. The molecule has 1 N–H and O–H groups in total. The summed E-state index contributed by atoms with van der Waals surface area (Å²) in [6.07, 6.45) is 7.73. The molecule has 4 nitrogen and oxygen atoms in total. The number of rotatable bonds is 5. The van der Waals surface area contributed by atoms with E-state index >= 15 is 0 Å². The highest BCUT2D eigenvalue weighted by molar-refractivity contribution is 5.79. The van der Waals surface area contributed by atoms with Gasteiger partial charge in [-0.15, -0.1) is 0 Å². The zero-order valence-corrected chi connectivity index (χ0v) is 10.6. The largest absolute Gasteiger partial charge is 0.396 e. The average Bonchev–Trinajstić information content (AvgIpc) is 2.86. The Morgan fingerprint density at radius 3 is 3.17 bits per heavy atom. The van der Waals surface area contributed by atoms with E-state index in [-0.39, 0.29) is 12.5 Å². The van der Waals surface area contributed by atoms with Gasteiger partial charge in [0.2, 0.25) is 5.91 Å². The summed E-state index contributed by atoms with van der Waals surface area (Å²) in [7, 11) is 0. The van der Waals surface area contributed by atoms with Crippen molar-refractivity contribution < 1.29 is 9.90 Å². The van der Waals surface area contributed by atoms with E-state index in [2.05, 4.69) is 4.98 Å². The zero-order valence-electron chi connectivity index (χ0n) is 10.6. The Morgan fingerprint density at radius 2 is 2.44 bits per heavy atom. The number of pyridine rings is 1. The first-order valence-electron chi connectivity index (χ1n) is 6.60. The van der Waals surface area contributed by atoms with Crippen molar-refractivity contribution in [2.24, 2.45) is 0 Å². The van der Waals surface area contributed by atoms with Crippen LogP contribution in [-0.2, 0) is 11.2 Å². The van der Waals surface area contributed by atoms with Crippen LogP contribution in [0.4, 0.5) is 0 Å². The minimum Gasteiger partial charge on any atom is -0.396 e. The van der Waals surface area contributed by atoms with Gasteiger partial charge in [-0.2, -0.15) is 0 Å². The van der Waals surface area contributed by atoms with E-state index < -0.39 is 0 Å². The lowest BCUT2D eigenvalue weighted by molar-refractivity contribution is -0.131. The molecule has 4 heteroatoms. The van der Waals surface area contributed by atoms with Crippen LogP contribution in [-0.4, -0.2) is 40.1 Å². The van der Waals surface area contributed by atoms with Crippen molar-refractivity contribution in [3.8, 4) is 0 Å². The lowest BCUT2D eigenvalue weighted by Crippen LogP contribution is -2.36. The molecule has 1 amide bonds. The van der Waals surface area contributed by atoms with Gasteiger partial charge in [-0.1, -0.05) is 6.07 Å². The predicted octanol–water partition coefficient (Wildman–Crippen LogP) is 1.39. The smallest absolute Gasteiger partial charge is 0.227 e. The van der Waals surface area contributed by atoms with Gasteiger partial charge in [0.05, 0.1) is 6.42 Å². The van der Waals surface area contributed by atoms with Crippen LogP contribution in [0.2, 0.25) is 0 Å². The van der Waals surface area contributed by atoms with E-state index in [4.69, 9.17) is 5.11 Å². The van der Waals surface area contributed by atoms with Crippen LogP contribution in [0.1, 0.15) is 31.2 Å². The van der Waals surface area contributed by atoms with Crippen molar-refractivity contribution in [2.45, 2.75) is 38.1 Å². The van der Waals surface area contributed by atoms with Crippen LogP contribution in [0.25, 0.3) is 0 Å². The molecule has 1 unspecified atom stereocenters. The van der Waals surface area contributed by atoms with Crippen molar-refractivity contribution in [1.82, 2.24) is 9.88 Å². The van der Waals surface area contributed by atoms with Crippen LogP contribution in [0.15, 0.2) is 24.5 Å². The highest BCUT2D eigenvalue weighted by Gasteiger charge is 2.27. The van der Waals surface area contributed by atoms with Gasteiger partial charge in [-0.25, -0.2) is 0 Å². The molecule has 0 radical (unpaired) electrons. The van der Waals surface area contributed by atoms with Crippen molar-refractivity contribution >= 4 is 5.91 Å². The number of carbonyl (C=O) groups is 1. The fourth-order valence-corrected chi connectivity index (χ4v) is 2.57.